The average Bonchev–Trinajstić information content (AvgIpc) is 2.32. The molecule has 0 spiro atoms. The highest BCUT2D eigenvalue weighted by Gasteiger charge is 2.12. The second-order valence-corrected chi connectivity index (χ2v) is 3.89. The van der Waals surface area contributed by atoms with E-state index in [-0.39, 0.29) is 0 Å². The molecule has 0 fully saturated rings. The lowest BCUT2D eigenvalue weighted by atomic mass is 10.1. The molecule has 1 aromatic rings. The monoisotopic (exact) mass is 201 g/mol. The zero-order chi connectivity index (χ0) is 10.0. The molecule has 1 atom stereocenters. The molecule has 1 aromatic heterocycles. The predicted molar refractivity (Wildman–Crippen MR) is 54.9 cm³/mol. The third-order valence-corrected chi connectivity index (χ3v) is 2.70. The minimum Gasteiger partial charge on any atom is -0.330 e. The van der Waals surface area contributed by atoms with E-state index in [2.05, 4.69) is 12.0 Å². The summed E-state index contributed by atoms with van der Waals surface area (Å²) in [4.78, 5) is 0. The molecule has 74 valence electrons. The smallest absolute Gasteiger partial charge is 0.0847 e. The third-order valence-electron chi connectivity index (χ3n) is 2.21. The summed E-state index contributed by atoms with van der Waals surface area (Å²) in [5, 5.41) is 5.02. The summed E-state index contributed by atoms with van der Waals surface area (Å²) in [5.74, 6) is 0.451. The second kappa shape index (κ2) is 4.11. The second-order valence-electron chi connectivity index (χ2n) is 3.51. The normalized spacial score (nSPS) is 13.3. The van der Waals surface area contributed by atoms with E-state index in [1.54, 1.807) is 0 Å². The Labute approximate surface area is 83.9 Å². The molecule has 0 aromatic carbocycles. The van der Waals surface area contributed by atoms with Crippen LogP contribution in [-0.2, 0) is 13.5 Å². The molecule has 0 saturated heterocycles. The van der Waals surface area contributed by atoms with Crippen LogP contribution in [0.5, 0.6) is 0 Å². The van der Waals surface area contributed by atoms with Crippen molar-refractivity contribution in [2.24, 2.45) is 18.7 Å². The van der Waals surface area contributed by atoms with E-state index in [1.165, 1.54) is 0 Å². The standard InChI is InChI=1S/C9H16ClN3/c1-6(5-11)4-8-9(10)7(2)12-13(8)3/h6H,4-5,11H2,1-3H3. The predicted octanol–water partition coefficient (Wildman–Crippen LogP) is 1.52. The number of aryl methyl sites for hydroxylation is 2. The lowest BCUT2D eigenvalue weighted by Crippen LogP contribution is -2.15. The Morgan fingerprint density at radius 2 is 2.23 bits per heavy atom. The first kappa shape index (κ1) is 10.5. The van der Waals surface area contributed by atoms with Crippen molar-refractivity contribution in [3.63, 3.8) is 0 Å². The lowest BCUT2D eigenvalue weighted by molar-refractivity contribution is 0.558. The van der Waals surface area contributed by atoms with Crippen molar-refractivity contribution >= 4 is 11.6 Å². The van der Waals surface area contributed by atoms with Gasteiger partial charge in [0.25, 0.3) is 0 Å². The Kier molecular flexibility index (Phi) is 3.33. The van der Waals surface area contributed by atoms with Gasteiger partial charge in [-0.25, -0.2) is 0 Å². The molecule has 0 radical (unpaired) electrons. The van der Waals surface area contributed by atoms with E-state index in [0.717, 1.165) is 22.8 Å². The Morgan fingerprint density at radius 3 is 2.62 bits per heavy atom. The van der Waals surface area contributed by atoms with Crippen LogP contribution in [0.15, 0.2) is 0 Å². The molecule has 2 N–H and O–H groups in total. The highest BCUT2D eigenvalue weighted by Crippen LogP contribution is 2.21. The minimum atomic E-state index is 0.451. The number of rotatable bonds is 3. The summed E-state index contributed by atoms with van der Waals surface area (Å²) < 4.78 is 1.84. The summed E-state index contributed by atoms with van der Waals surface area (Å²) in [5.41, 5.74) is 7.53. The van der Waals surface area contributed by atoms with E-state index in [1.807, 2.05) is 18.7 Å². The molecule has 0 saturated carbocycles. The highest BCUT2D eigenvalue weighted by atomic mass is 35.5. The summed E-state index contributed by atoms with van der Waals surface area (Å²) in [6.07, 6.45) is 0.896. The van der Waals surface area contributed by atoms with Gasteiger partial charge in [0.2, 0.25) is 0 Å². The lowest BCUT2D eigenvalue weighted by Gasteiger charge is -2.08. The van der Waals surface area contributed by atoms with Gasteiger partial charge in [0.15, 0.2) is 0 Å². The third kappa shape index (κ3) is 2.23. The molecule has 13 heavy (non-hydrogen) atoms. The Bertz CT molecular complexity index is 293. The summed E-state index contributed by atoms with van der Waals surface area (Å²) in [6.45, 7) is 4.71. The van der Waals surface area contributed by atoms with Gasteiger partial charge in [-0.2, -0.15) is 5.10 Å². The van der Waals surface area contributed by atoms with Gasteiger partial charge in [0.05, 0.1) is 16.4 Å². The van der Waals surface area contributed by atoms with Crippen molar-refractivity contribution in [3.8, 4) is 0 Å². The van der Waals surface area contributed by atoms with Crippen LogP contribution >= 0.6 is 11.6 Å². The van der Waals surface area contributed by atoms with Gasteiger partial charge < -0.3 is 5.73 Å². The first-order chi connectivity index (χ1) is 6.06. The topological polar surface area (TPSA) is 43.8 Å². The molecular formula is C9H16ClN3. The zero-order valence-corrected chi connectivity index (χ0v) is 9.10. The molecule has 0 aliphatic heterocycles. The first-order valence-electron chi connectivity index (χ1n) is 4.44. The van der Waals surface area contributed by atoms with Gasteiger partial charge in [-0.1, -0.05) is 18.5 Å². The molecule has 3 nitrogen and oxygen atoms in total. The molecular weight excluding hydrogens is 186 g/mol. The van der Waals surface area contributed by atoms with Crippen molar-refractivity contribution in [2.75, 3.05) is 6.54 Å². The van der Waals surface area contributed by atoms with Crippen molar-refractivity contribution in [3.05, 3.63) is 16.4 Å². The van der Waals surface area contributed by atoms with Gasteiger partial charge in [-0.3, -0.25) is 4.68 Å². The SMILES string of the molecule is Cc1nn(C)c(CC(C)CN)c1Cl. The van der Waals surface area contributed by atoms with Crippen molar-refractivity contribution in [2.45, 2.75) is 20.3 Å². The van der Waals surface area contributed by atoms with Crippen LogP contribution in [0.3, 0.4) is 0 Å². The fourth-order valence-corrected chi connectivity index (χ4v) is 1.55. The number of hydrogen-bond acceptors (Lipinski definition) is 2. The fourth-order valence-electron chi connectivity index (χ4n) is 1.32. The zero-order valence-electron chi connectivity index (χ0n) is 8.34. The van der Waals surface area contributed by atoms with E-state index in [4.69, 9.17) is 17.3 Å². The van der Waals surface area contributed by atoms with Gasteiger partial charge in [0, 0.05) is 7.05 Å². The molecule has 0 bridgehead atoms. The summed E-state index contributed by atoms with van der Waals surface area (Å²) >= 11 is 6.09. The number of hydrogen-bond donors (Lipinski definition) is 1. The van der Waals surface area contributed by atoms with E-state index < -0.39 is 0 Å². The number of halogens is 1. The minimum absolute atomic E-state index is 0.451. The highest BCUT2D eigenvalue weighted by molar-refractivity contribution is 6.31. The largest absolute Gasteiger partial charge is 0.330 e. The molecule has 4 heteroatoms. The van der Waals surface area contributed by atoms with Gasteiger partial charge in [-0.15, -0.1) is 0 Å². The first-order valence-corrected chi connectivity index (χ1v) is 4.82. The number of aromatic nitrogens is 2. The molecule has 0 aliphatic rings. The Balaban J connectivity index is 2.87. The van der Waals surface area contributed by atoms with Crippen LogP contribution in [-0.4, -0.2) is 16.3 Å². The number of nitrogens with zero attached hydrogens (tertiary/aromatic N) is 2. The average molecular weight is 202 g/mol. The fraction of sp³-hybridized carbons (Fsp3) is 0.667. The van der Waals surface area contributed by atoms with Crippen molar-refractivity contribution in [1.29, 1.82) is 0 Å². The van der Waals surface area contributed by atoms with Crippen LogP contribution in [0.1, 0.15) is 18.3 Å². The van der Waals surface area contributed by atoms with Crippen LogP contribution in [0.4, 0.5) is 0 Å². The van der Waals surface area contributed by atoms with Crippen LogP contribution in [0.25, 0.3) is 0 Å². The molecule has 0 aliphatic carbocycles. The van der Waals surface area contributed by atoms with E-state index >= 15 is 0 Å². The molecule has 0 amide bonds. The van der Waals surface area contributed by atoms with Crippen molar-refractivity contribution < 1.29 is 0 Å². The molecule has 1 unspecified atom stereocenters. The Hall–Kier alpha value is -0.540. The maximum absolute atomic E-state index is 6.09. The Morgan fingerprint density at radius 1 is 1.62 bits per heavy atom. The van der Waals surface area contributed by atoms with Gasteiger partial charge in [-0.05, 0) is 25.8 Å². The maximum Gasteiger partial charge on any atom is 0.0847 e. The van der Waals surface area contributed by atoms with Gasteiger partial charge >= 0.3 is 0 Å². The van der Waals surface area contributed by atoms with Gasteiger partial charge in [0.1, 0.15) is 0 Å². The summed E-state index contributed by atoms with van der Waals surface area (Å²) in [6, 6.07) is 0. The van der Waals surface area contributed by atoms with Crippen LogP contribution in [0.2, 0.25) is 5.02 Å². The van der Waals surface area contributed by atoms with E-state index in [9.17, 15) is 0 Å². The number of nitrogens with two attached hydrogens (primary N) is 1. The van der Waals surface area contributed by atoms with Crippen LogP contribution < -0.4 is 5.73 Å². The maximum atomic E-state index is 6.09. The van der Waals surface area contributed by atoms with Crippen LogP contribution in [0, 0.1) is 12.8 Å². The van der Waals surface area contributed by atoms with E-state index in [0.29, 0.717) is 12.5 Å². The molecule has 1 rings (SSSR count). The molecule has 1 heterocycles. The van der Waals surface area contributed by atoms with Crippen molar-refractivity contribution in [1.82, 2.24) is 9.78 Å². The summed E-state index contributed by atoms with van der Waals surface area (Å²) in [7, 11) is 1.91. The quantitative estimate of drug-likeness (QED) is 0.806.